The van der Waals surface area contributed by atoms with Gasteiger partial charge in [-0.3, -0.25) is 14.5 Å². The summed E-state index contributed by atoms with van der Waals surface area (Å²) in [6.07, 6.45) is 3.35. The van der Waals surface area contributed by atoms with Crippen LogP contribution >= 0.6 is 0 Å². The van der Waals surface area contributed by atoms with Gasteiger partial charge < -0.3 is 4.74 Å². The van der Waals surface area contributed by atoms with E-state index in [4.69, 9.17) is 4.74 Å². The molecule has 0 radical (unpaired) electrons. The van der Waals surface area contributed by atoms with Crippen molar-refractivity contribution in [1.29, 1.82) is 0 Å². The molecule has 2 rings (SSSR count). The van der Waals surface area contributed by atoms with E-state index in [2.05, 4.69) is 4.90 Å². The number of nitrogens with zero attached hydrogens (tertiary/aromatic N) is 1. The molecule has 1 fully saturated rings. The van der Waals surface area contributed by atoms with Crippen LogP contribution in [0.1, 0.15) is 43.5 Å². The Hall–Kier alpha value is -1.68. The third-order valence-corrected chi connectivity index (χ3v) is 4.24. The molecule has 0 N–H and O–H groups in total. The van der Waals surface area contributed by atoms with Crippen molar-refractivity contribution in [3.8, 4) is 0 Å². The molecule has 0 spiro atoms. The Bertz CT molecular complexity index is 494. The molecule has 22 heavy (non-hydrogen) atoms. The molecule has 120 valence electrons. The molecule has 0 bridgehead atoms. The highest BCUT2D eigenvalue weighted by molar-refractivity contribution is 6.02. The predicted octanol–water partition coefficient (Wildman–Crippen LogP) is 2.92. The first kappa shape index (κ1) is 16.7. The number of hydrogen-bond acceptors (Lipinski definition) is 4. The van der Waals surface area contributed by atoms with Gasteiger partial charge in [0.2, 0.25) is 0 Å². The van der Waals surface area contributed by atoms with E-state index in [-0.39, 0.29) is 11.8 Å². The highest BCUT2D eigenvalue weighted by Gasteiger charge is 2.36. The topological polar surface area (TPSA) is 46.6 Å². The zero-order valence-corrected chi connectivity index (χ0v) is 13.5. The van der Waals surface area contributed by atoms with Gasteiger partial charge in [0.25, 0.3) is 0 Å². The second-order valence-electron chi connectivity index (χ2n) is 5.81. The standard InChI is InChI=1S/C18H25NO3/c1-3-22-18(21)14(2)16(19-12-8-5-9-13-19)17(20)15-10-6-4-7-11-15/h4,6-7,10-11,14,16H,3,5,8-9,12-13H2,1-2H3. The number of ketones is 1. The van der Waals surface area contributed by atoms with Crippen molar-refractivity contribution in [2.75, 3.05) is 19.7 Å². The lowest BCUT2D eigenvalue weighted by Gasteiger charge is -2.36. The molecule has 1 aromatic carbocycles. The maximum Gasteiger partial charge on any atom is 0.310 e. The van der Waals surface area contributed by atoms with Gasteiger partial charge in [0.1, 0.15) is 0 Å². The van der Waals surface area contributed by atoms with E-state index >= 15 is 0 Å². The highest BCUT2D eigenvalue weighted by atomic mass is 16.5. The van der Waals surface area contributed by atoms with Crippen molar-refractivity contribution in [1.82, 2.24) is 4.90 Å². The quantitative estimate of drug-likeness (QED) is 0.599. The summed E-state index contributed by atoms with van der Waals surface area (Å²) >= 11 is 0. The normalized spacial score (nSPS) is 18.5. The maximum atomic E-state index is 12.9. The Morgan fingerprint density at radius 1 is 1.14 bits per heavy atom. The number of carbonyl (C=O) groups excluding carboxylic acids is 2. The lowest BCUT2D eigenvalue weighted by atomic mass is 9.90. The average molecular weight is 303 g/mol. The van der Waals surface area contributed by atoms with Crippen molar-refractivity contribution in [3.05, 3.63) is 35.9 Å². The maximum absolute atomic E-state index is 12.9. The van der Waals surface area contributed by atoms with Crippen LogP contribution in [0.25, 0.3) is 0 Å². The molecular weight excluding hydrogens is 278 g/mol. The van der Waals surface area contributed by atoms with Gasteiger partial charge in [-0.15, -0.1) is 0 Å². The van der Waals surface area contributed by atoms with Crippen molar-refractivity contribution in [2.45, 2.75) is 39.2 Å². The second-order valence-corrected chi connectivity index (χ2v) is 5.81. The number of likely N-dealkylation sites (tertiary alicyclic amines) is 1. The van der Waals surface area contributed by atoms with Gasteiger partial charge in [0.15, 0.2) is 5.78 Å². The molecule has 4 nitrogen and oxygen atoms in total. The molecule has 0 amide bonds. The number of piperidine rings is 1. The van der Waals surface area contributed by atoms with E-state index < -0.39 is 12.0 Å². The zero-order chi connectivity index (χ0) is 15.9. The van der Waals surface area contributed by atoms with Crippen LogP contribution in [0, 0.1) is 5.92 Å². The highest BCUT2D eigenvalue weighted by Crippen LogP contribution is 2.22. The summed E-state index contributed by atoms with van der Waals surface area (Å²) in [5.41, 5.74) is 0.661. The van der Waals surface area contributed by atoms with Crippen LogP contribution in [0.3, 0.4) is 0 Å². The average Bonchev–Trinajstić information content (AvgIpc) is 2.57. The second kappa shape index (κ2) is 8.08. The lowest BCUT2D eigenvalue weighted by Crippen LogP contribution is -2.50. The number of esters is 1. The molecule has 0 aliphatic carbocycles. The molecule has 4 heteroatoms. The summed E-state index contributed by atoms with van der Waals surface area (Å²) in [6.45, 7) is 5.67. The number of hydrogen-bond donors (Lipinski definition) is 0. The van der Waals surface area contributed by atoms with Crippen LogP contribution in [0.5, 0.6) is 0 Å². The van der Waals surface area contributed by atoms with Crippen molar-refractivity contribution < 1.29 is 14.3 Å². The minimum absolute atomic E-state index is 0.0167. The third-order valence-electron chi connectivity index (χ3n) is 4.24. The first-order chi connectivity index (χ1) is 10.6. The molecule has 1 aliphatic heterocycles. The summed E-state index contributed by atoms with van der Waals surface area (Å²) in [5.74, 6) is -0.726. The number of ether oxygens (including phenoxy) is 1. The Kier molecular flexibility index (Phi) is 6.13. The largest absolute Gasteiger partial charge is 0.466 e. The van der Waals surface area contributed by atoms with Gasteiger partial charge in [0, 0.05) is 5.56 Å². The van der Waals surface area contributed by atoms with Gasteiger partial charge in [0.05, 0.1) is 18.6 Å². The monoisotopic (exact) mass is 303 g/mol. The van der Waals surface area contributed by atoms with Crippen LogP contribution in [-0.2, 0) is 9.53 Å². The summed E-state index contributed by atoms with van der Waals surface area (Å²) in [6, 6.07) is 8.81. The summed E-state index contributed by atoms with van der Waals surface area (Å²) in [5, 5.41) is 0. The van der Waals surface area contributed by atoms with Crippen LogP contribution in [-0.4, -0.2) is 42.4 Å². The summed E-state index contributed by atoms with van der Waals surface area (Å²) in [4.78, 5) is 27.3. The van der Waals surface area contributed by atoms with Crippen LogP contribution in [0.4, 0.5) is 0 Å². The molecule has 1 heterocycles. The number of carbonyl (C=O) groups is 2. The van der Waals surface area contributed by atoms with E-state index in [0.717, 1.165) is 25.9 Å². The van der Waals surface area contributed by atoms with E-state index in [1.165, 1.54) is 6.42 Å². The Balaban J connectivity index is 2.24. The van der Waals surface area contributed by atoms with Gasteiger partial charge in [-0.1, -0.05) is 36.8 Å². The van der Waals surface area contributed by atoms with Crippen LogP contribution < -0.4 is 0 Å². The molecule has 0 saturated carbocycles. The minimum Gasteiger partial charge on any atom is -0.466 e. The lowest BCUT2D eigenvalue weighted by molar-refractivity contribution is -0.149. The van der Waals surface area contributed by atoms with Gasteiger partial charge >= 0.3 is 5.97 Å². The predicted molar refractivity (Wildman–Crippen MR) is 85.8 cm³/mol. The molecular formula is C18H25NO3. The fourth-order valence-corrected chi connectivity index (χ4v) is 3.08. The van der Waals surface area contributed by atoms with Crippen molar-refractivity contribution >= 4 is 11.8 Å². The molecule has 1 saturated heterocycles. The Morgan fingerprint density at radius 2 is 1.77 bits per heavy atom. The van der Waals surface area contributed by atoms with Crippen LogP contribution in [0.15, 0.2) is 30.3 Å². The molecule has 0 aromatic heterocycles. The van der Waals surface area contributed by atoms with E-state index in [1.807, 2.05) is 30.3 Å². The summed E-state index contributed by atoms with van der Waals surface area (Å²) in [7, 11) is 0. The molecule has 1 aliphatic rings. The fourth-order valence-electron chi connectivity index (χ4n) is 3.08. The molecule has 1 aromatic rings. The Morgan fingerprint density at radius 3 is 2.36 bits per heavy atom. The number of benzene rings is 1. The van der Waals surface area contributed by atoms with E-state index in [1.54, 1.807) is 13.8 Å². The first-order valence-electron chi connectivity index (χ1n) is 8.15. The van der Waals surface area contributed by atoms with Gasteiger partial charge in [-0.2, -0.15) is 0 Å². The number of Topliss-reactive ketones (excluding diaryl/α,β-unsaturated/α-hetero) is 1. The third kappa shape index (κ3) is 3.95. The van der Waals surface area contributed by atoms with Gasteiger partial charge in [-0.05, 0) is 39.8 Å². The van der Waals surface area contributed by atoms with Crippen molar-refractivity contribution in [3.63, 3.8) is 0 Å². The zero-order valence-electron chi connectivity index (χ0n) is 13.5. The SMILES string of the molecule is CCOC(=O)C(C)C(C(=O)c1ccccc1)N1CCCCC1. The summed E-state index contributed by atoms with van der Waals surface area (Å²) < 4.78 is 5.14. The van der Waals surface area contributed by atoms with Crippen molar-refractivity contribution in [2.24, 2.45) is 5.92 Å². The smallest absolute Gasteiger partial charge is 0.310 e. The van der Waals surface area contributed by atoms with E-state index in [0.29, 0.717) is 12.2 Å². The number of rotatable bonds is 6. The first-order valence-corrected chi connectivity index (χ1v) is 8.15. The van der Waals surface area contributed by atoms with Crippen LogP contribution in [0.2, 0.25) is 0 Å². The van der Waals surface area contributed by atoms with Gasteiger partial charge in [-0.25, -0.2) is 0 Å². The minimum atomic E-state index is -0.453. The van der Waals surface area contributed by atoms with E-state index in [9.17, 15) is 9.59 Å². The molecule has 2 atom stereocenters. The Labute approximate surface area is 132 Å². The fraction of sp³-hybridized carbons (Fsp3) is 0.556. The molecule has 2 unspecified atom stereocenters.